The zero-order valence-electron chi connectivity index (χ0n) is 9.15. The Bertz CT molecular complexity index is 510. The maximum atomic E-state index is 11.3. The highest BCUT2D eigenvalue weighted by Crippen LogP contribution is 2.16. The summed E-state index contributed by atoms with van der Waals surface area (Å²) in [6.45, 7) is 0. The first-order chi connectivity index (χ1) is 8.24. The first-order valence-corrected chi connectivity index (χ1v) is 4.96. The largest absolute Gasteiger partial charge is 0.467 e. The van der Waals surface area contributed by atoms with E-state index in [0.717, 1.165) is 0 Å². The second kappa shape index (κ2) is 4.75. The van der Waals surface area contributed by atoms with E-state index in [1.165, 1.54) is 18.0 Å². The first-order valence-electron chi connectivity index (χ1n) is 4.96. The predicted octanol–water partition coefficient (Wildman–Crippen LogP) is 0.474. The van der Waals surface area contributed by atoms with E-state index in [0.29, 0.717) is 5.69 Å². The highest BCUT2D eigenvalue weighted by molar-refractivity contribution is 5.75. The Hall–Kier alpha value is -2.21. The molecule has 0 spiro atoms. The zero-order valence-corrected chi connectivity index (χ0v) is 9.15. The van der Waals surface area contributed by atoms with Crippen LogP contribution >= 0.6 is 0 Å². The molecular formula is C11H11N3O3. The number of methoxy groups -OCH3 is 1. The number of carbonyl (C=O) groups is 1. The zero-order chi connectivity index (χ0) is 12.3. The van der Waals surface area contributed by atoms with Gasteiger partial charge in [0.05, 0.1) is 19.0 Å². The van der Waals surface area contributed by atoms with Crippen molar-refractivity contribution in [3.63, 3.8) is 0 Å². The molecule has 88 valence electrons. The number of aromatic nitrogens is 3. The second-order valence-corrected chi connectivity index (χ2v) is 3.33. The average molecular weight is 233 g/mol. The maximum Gasteiger partial charge on any atom is 0.341 e. The van der Waals surface area contributed by atoms with E-state index in [-0.39, 0.29) is 5.69 Å². The normalized spacial score (nSPS) is 12.1. The molecule has 0 saturated heterocycles. The minimum atomic E-state index is -1.39. The van der Waals surface area contributed by atoms with Crippen molar-refractivity contribution in [2.24, 2.45) is 0 Å². The quantitative estimate of drug-likeness (QED) is 0.780. The van der Waals surface area contributed by atoms with E-state index in [9.17, 15) is 9.90 Å². The molecule has 1 heterocycles. The number of esters is 1. The minimum absolute atomic E-state index is 0.267. The van der Waals surface area contributed by atoms with Gasteiger partial charge in [-0.1, -0.05) is 23.4 Å². The van der Waals surface area contributed by atoms with Gasteiger partial charge in [-0.15, -0.1) is 5.10 Å². The summed E-state index contributed by atoms with van der Waals surface area (Å²) in [5, 5.41) is 17.2. The van der Waals surface area contributed by atoms with Crippen LogP contribution in [0.4, 0.5) is 0 Å². The minimum Gasteiger partial charge on any atom is -0.467 e. The van der Waals surface area contributed by atoms with Crippen LogP contribution in [-0.2, 0) is 9.53 Å². The summed E-state index contributed by atoms with van der Waals surface area (Å²) in [5.74, 6) is -0.746. The van der Waals surface area contributed by atoms with Gasteiger partial charge >= 0.3 is 5.97 Å². The van der Waals surface area contributed by atoms with Gasteiger partial charge in [0.2, 0.25) is 0 Å². The third kappa shape index (κ3) is 2.16. The van der Waals surface area contributed by atoms with Gasteiger partial charge in [-0.2, -0.15) is 0 Å². The lowest BCUT2D eigenvalue weighted by molar-refractivity contribution is -0.151. The molecule has 1 unspecified atom stereocenters. The molecule has 0 fully saturated rings. The molecule has 2 aromatic rings. The van der Waals surface area contributed by atoms with Crippen molar-refractivity contribution in [2.75, 3.05) is 7.11 Å². The molecule has 1 N–H and O–H groups in total. The molecular weight excluding hydrogens is 222 g/mol. The Labute approximate surface area is 97.4 Å². The van der Waals surface area contributed by atoms with Crippen LogP contribution in [0, 0.1) is 0 Å². The van der Waals surface area contributed by atoms with E-state index in [4.69, 9.17) is 0 Å². The van der Waals surface area contributed by atoms with E-state index < -0.39 is 12.1 Å². The number of para-hydroxylation sites is 1. The van der Waals surface area contributed by atoms with Gasteiger partial charge in [-0.05, 0) is 12.1 Å². The van der Waals surface area contributed by atoms with Gasteiger partial charge < -0.3 is 9.84 Å². The van der Waals surface area contributed by atoms with Gasteiger partial charge in [0.1, 0.15) is 5.69 Å². The summed E-state index contributed by atoms with van der Waals surface area (Å²) in [6.07, 6.45) is -0.0654. The van der Waals surface area contributed by atoms with Crippen LogP contribution in [0.25, 0.3) is 5.69 Å². The monoisotopic (exact) mass is 233 g/mol. The number of aliphatic hydroxyl groups is 1. The van der Waals surface area contributed by atoms with Crippen LogP contribution in [0.3, 0.4) is 0 Å². The summed E-state index contributed by atoms with van der Waals surface area (Å²) >= 11 is 0. The van der Waals surface area contributed by atoms with E-state index in [1.807, 2.05) is 18.2 Å². The SMILES string of the molecule is COC(=O)C(O)c1cnnn1-c1ccccc1. The topological polar surface area (TPSA) is 77.2 Å². The van der Waals surface area contributed by atoms with Crippen LogP contribution in [0.5, 0.6) is 0 Å². The number of rotatable bonds is 3. The molecule has 6 heteroatoms. The molecule has 0 amide bonds. The standard InChI is InChI=1S/C11H11N3O3/c1-17-11(16)10(15)9-7-12-13-14(9)8-5-3-2-4-6-8/h2-7,10,15H,1H3. The fourth-order valence-corrected chi connectivity index (χ4v) is 1.43. The van der Waals surface area contributed by atoms with Crippen LogP contribution in [0.2, 0.25) is 0 Å². The number of benzene rings is 1. The lowest BCUT2D eigenvalue weighted by atomic mass is 10.2. The molecule has 0 aliphatic rings. The number of hydrogen-bond donors (Lipinski definition) is 1. The molecule has 0 bridgehead atoms. The predicted molar refractivity (Wildman–Crippen MR) is 58.3 cm³/mol. The number of hydrogen-bond acceptors (Lipinski definition) is 5. The number of nitrogens with zero attached hydrogens (tertiary/aromatic N) is 3. The van der Waals surface area contributed by atoms with Gasteiger partial charge in [0.25, 0.3) is 0 Å². The fourth-order valence-electron chi connectivity index (χ4n) is 1.43. The lowest BCUT2D eigenvalue weighted by Gasteiger charge is -2.09. The van der Waals surface area contributed by atoms with Gasteiger partial charge in [-0.3, -0.25) is 0 Å². The van der Waals surface area contributed by atoms with Crippen LogP contribution in [0.1, 0.15) is 11.8 Å². The molecule has 6 nitrogen and oxygen atoms in total. The average Bonchev–Trinajstić information content (AvgIpc) is 2.87. The molecule has 0 aliphatic carbocycles. The van der Waals surface area contributed by atoms with Crippen molar-refractivity contribution in [2.45, 2.75) is 6.10 Å². The smallest absolute Gasteiger partial charge is 0.341 e. The Morgan fingerprint density at radius 2 is 2.12 bits per heavy atom. The fraction of sp³-hybridized carbons (Fsp3) is 0.182. The van der Waals surface area contributed by atoms with Crippen LogP contribution < -0.4 is 0 Å². The Morgan fingerprint density at radius 1 is 1.41 bits per heavy atom. The lowest BCUT2D eigenvalue weighted by Crippen LogP contribution is -2.17. The Balaban J connectivity index is 2.39. The molecule has 1 aromatic carbocycles. The number of carbonyl (C=O) groups excluding carboxylic acids is 1. The third-order valence-electron chi connectivity index (χ3n) is 2.28. The highest BCUT2D eigenvalue weighted by atomic mass is 16.5. The van der Waals surface area contributed by atoms with Crippen molar-refractivity contribution in [1.82, 2.24) is 15.0 Å². The molecule has 2 rings (SSSR count). The second-order valence-electron chi connectivity index (χ2n) is 3.33. The number of ether oxygens (including phenoxy) is 1. The molecule has 0 aliphatic heterocycles. The third-order valence-corrected chi connectivity index (χ3v) is 2.28. The van der Waals surface area contributed by atoms with Crippen LogP contribution in [-0.4, -0.2) is 33.2 Å². The summed E-state index contributed by atoms with van der Waals surface area (Å²) in [5.41, 5.74) is 0.978. The molecule has 1 aromatic heterocycles. The van der Waals surface area contributed by atoms with Gasteiger partial charge in [-0.25, -0.2) is 9.48 Å². The summed E-state index contributed by atoms with van der Waals surface area (Å²) in [7, 11) is 1.21. The van der Waals surface area contributed by atoms with Crippen molar-refractivity contribution in [1.29, 1.82) is 0 Å². The first kappa shape index (κ1) is 11.3. The summed E-state index contributed by atoms with van der Waals surface area (Å²) < 4.78 is 5.86. The number of aliphatic hydroxyl groups excluding tert-OH is 1. The van der Waals surface area contributed by atoms with Gasteiger partial charge in [0.15, 0.2) is 6.10 Å². The summed E-state index contributed by atoms with van der Waals surface area (Å²) in [4.78, 5) is 11.3. The van der Waals surface area contributed by atoms with E-state index in [2.05, 4.69) is 15.0 Å². The molecule has 1 atom stereocenters. The molecule has 0 radical (unpaired) electrons. The van der Waals surface area contributed by atoms with Crippen molar-refractivity contribution in [3.8, 4) is 5.69 Å². The van der Waals surface area contributed by atoms with Crippen molar-refractivity contribution in [3.05, 3.63) is 42.2 Å². The molecule has 0 saturated carbocycles. The summed E-state index contributed by atoms with van der Waals surface area (Å²) in [6, 6.07) is 9.10. The maximum absolute atomic E-state index is 11.3. The highest BCUT2D eigenvalue weighted by Gasteiger charge is 2.23. The Morgan fingerprint density at radius 3 is 2.76 bits per heavy atom. The Kier molecular flexibility index (Phi) is 3.15. The van der Waals surface area contributed by atoms with E-state index in [1.54, 1.807) is 12.1 Å². The van der Waals surface area contributed by atoms with Crippen LogP contribution in [0.15, 0.2) is 36.5 Å². The van der Waals surface area contributed by atoms with Crippen molar-refractivity contribution >= 4 is 5.97 Å². The van der Waals surface area contributed by atoms with Crippen molar-refractivity contribution < 1.29 is 14.6 Å². The van der Waals surface area contributed by atoms with Gasteiger partial charge in [0, 0.05) is 0 Å². The molecule has 17 heavy (non-hydrogen) atoms. The van der Waals surface area contributed by atoms with E-state index >= 15 is 0 Å².